The lowest BCUT2D eigenvalue weighted by Gasteiger charge is -2.15. The van der Waals surface area contributed by atoms with Crippen LogP contribution in [0.5, 0.6) is 0 Å². The molecule has 2 heterocycles. The number of rotatable bonds is 2. The van der Waals surface area contributed by atoms with Crippen molar-refractivity contribution in [2.45, 2.75) is 74.1 Å². The van der Waals surface area contributed by atoms with Gasteiger partial charge in [0.15, 0.2) is 24.8 Å². The first-order valence-corrected chi connectivity index (χ1v) is 13.4. The van der Waals surface area contributed by atoms with Crippen LogP contribution in [0, 0.1) is 12.8 Å². The molecule has 4 aromatic rings. The lowest BCUT2D eigenvalue weighted by Crippen LogP contribution is -2.26. The Bertz CT molecular complexity index is 1010. The van der Waals surface area contributed by atoms with Crippen LogP contribution in [0.1, 0.15) is 71.9 Å². The van der Waals surface area contributed by atoms with Gasteiger partial charge in [0.1, 0.15) is 14.1 Å². The fourth-order valence-electron chi connectivity index (χ4n) is 3.94. The summed E-state index contributed by atoms with van der Waals surface area (Å²) in [5.74, 6) is 1.04. The maximum absolute atomic E-state index is 2.36. The zero-order chi connectivity index (χ0) is 26.0. The average molecular weight is 515 g/mol. The molecule has 2 nitrogen and oxygen atoms in total. The van der Waals surface area contributed by atoms with Gasteiger partial charge in [-0.3, -0.25) is 0 Å². The van der Waals surface area contributed by atoms with Crippen molar-refractivity contribution in [2.75, 3.05) is 0 Å². The van der Waals surface area contributed by atoms with Gasteiger partial charge in [0.2, 0.25) is 0 Å². The highest BCUT2D eigenvalue weighted by Gasteiger charge is 2.06. The zero-order valence-corrected chi connectivity index (χ0v) is 23.1. The summed E-state index contributed by atoms with van der Waals surface area (Å²) in [6.45, 7) is 6.61. The van der Waals surface area contributed by atoms with Crippen molar-refractivity contribution >= 4 is 0 Å². The molecular weight excluding hydrogens is 460 g/mol. The third kappa shape index (κ3) is 15.1. The van der Waals surface area contributed by atoms with E-state index in [4.69, 9.17) is 0 Å². The molecule has 0 bridgehead atoms. The molecule has 38 heavy (non-hydrogen) atoms. The minimum Gasteiger partial charge on any atom is -0.208 e. The Kier molecular flexibility index (Phi) is 19.0. The normalized spacial score (nSPS) is 11.9. The Balaban J connectivity index is 0.000000497. The van der Waals surface area contributed by atoms with Crippen LogP contribution in [0.4, 0.5) is 0 Å². The molecule has 0 unspecified atom stereocenters. The Morgan fingerprint density at radius 1 is 0.605 bits per heavy atom. The molecule has 206 valence electrons. The van der Waals surface area contributed by atoms with E-state index >= 15 is 0 Å². The van der Waals surface area contributed by atoms with Gasteiger partial charge in [-0.05, 0) is 36.0 Å². The minimum atomic E-state index is 0. The highest BCUT2D eigenvalue weighted by atomic mass is 14.9. The fraction of sp³-hybridized carbons (Fsp3) is 0.389. The van der Waals surface area contributed by atoms with Crippen LogP contribution in [0.15, 0.2) is 110 Å². The Labute approximate surface area is 235 Å². The van der Waals surface area contributed by atoms with Gasteiger partial charge >= 0.3 is 0 Å². The SMILES string of the molecule is C.C.CC1CCCCC1.CCc1ccccc1.C[n+]1ccc(-c2cc[n+](C)cc2)cc1.Cc1ccccc1. The summed E-state index contributed by atoms with van der Waals surface area (Å²) < 4.78 is 4.07. The van der Waals surface area contributed by atoms with Crippen LogP contribution in [0.25, 0.3) is 11.1 Å². The second kappa shape index (κ2) is 20.8. The molecule has 0 atom stereocenters. The summed E-state index contributed by atoms with van der Waals surface area (Å²) in [5.41, 5.74) is 5.24. The molecule has 1 aliphatic rings. The van der Waals surface area contributed by atoms with Crippen molar-refractivity contribution in [1.82, 2.24) is 0 Å². The lowest BCUT2D eigenvalue weighted by molar-refractivity contribution is -0.671. The predicted octanol–water partition coefficient (Wildman–Crippen LogP) is 9.11. The van der Waals surface area contributed by atoms with Crippen molar-refractivity contribution in [3.8, 4) is 11.1 Å². The molecule has 0 saturated heterocycles. The Morgan fingerprint density at radius 3 is 1.26 bits per heavy atom. The number of aromatic nitrogens is 2. The van der Waals surface area contributed by atoms with E-state index in [0.29, 0.717) is 0 Å². The van der Waals surface area contributed by atoms with E-state index in [1.54, 1.807) is 0 Å². The largest absolute Gasteiger partial charge is 0.208 e. The van der Waals surface area contributed by atoms with Gasteiger partial charge in [-0.2, -0.15) is 0 Å². The first-order valence-electron chi connectivity index (χ1n) is 13.4. The van der Waals surface area contributed by atoms with E-state index in [2.05, 4.69) is 106 Å². The first-order chi connectivity index (χ1) is 17.5. The molecule has 5 rings (SSSR count). The molecule has 0 aliphatic heterocycles. The van der Waals surface area contributed by atoms with E-state index in [0.717, 1.165) is 12.3 Å². The van der Waals surface area contributed by atoms with Crippen molar-refractivity contribution in [1.29, 1.82) is 0 Å². The molecule has 0 amide bonds. The highest BCUT2D eigenvalue weighted by molar-refractivity contribution is 5.60. The highest BCUT2D eigenvalue weighted by Crippen LogP contribution is 2.22. The van der Waals surface area contributed by atoms with Crippen LogP contribution in [0.3, 0.4) is 0 Å². The summed E-state index contributed by atoms with van der Waals surface area (Å²) in [6.07, 6.45) is 16.8. The summed E-state index contributed by atoms with van der Waals surface area (Å²) >= 11 is 0. The zero-order valence-electron chi connectivity index (χ0n) is 23.1. The molecule has 0 N–H and O–H groups in total. The van der Waals surface area contributed by atoms with Crippen molar-refractivity contribution in [3.05, 3.63) is 121 Å². The molecular formula is C36H54N2+2. The van der Waals surface area contributed by atoms with Crippen LogP contribution >= 0.6 is 0 Å². The molecule has 2 aromatic carbocycles. The quantitative estimate of drug-likeness (QED) is 0.236. The van der Waals surface area contributed by atoms with Gasteiger partial charge in [0.25, 0.3) is 0 Å². The summed E-state index contributed by atoms with van der Waals surface area (Å²) in [7, 11) is 4.05. The first kappa shape index (κ1) is 34.7. The van der Waals surface area contributed by atoms with E-state index in [1.165, 1.54) is 54.4 Å². The van der Waals surface area contributed by atoms with Crippen molar-refractivity contribution < 1.29 is 9.13 Å². The average Bonchev–Trinajstić information content (AvgIpc) is 2.92. The van der Waals surface area contributed by atoms with Gasteiger partial charge in [-0.25, -0.2) is 9.13 Å². The van der Waals surface area contributed by atoms with Crippen LogP contribution in [-0.4, -0.2) is 0 Å². The number of nitrogens with zero attached hydrogens (tertiary/aromatic N) is 2. The maximum atomic E-state index is 2.36. The molecule has 1 aliphatic carbocycles. The number of pyridine rings is 2. The standard InChI is InChI=1S/C12H14N2.C8H10.C7H14.C7H8.2CH4/c1-13-7-3-11(4-8-13)12-5-9-14(2)10-6-12;1-2-8-6-4-3-5-7-8;2*1-7-5-3-2-4-6-7;;/h3-10H,1-2H3;3-7H,2H2,1H3;7H,2-6H2,1H3;2-6H,1H3;2*1H4/q+2;;;;;. The van der Waals surface area contributed by atoms with Crippen molar-refractivity contribution in [2.24, 2.45) is 20.0 Å². The second-order valence-corrected chi connectivity index (χ2v) is 9.74. The van der Waals surface area contributed by atoms with Gasteiger partial charge < -0.3 is 0 Å². The van der Waals surface area contributed by atoms with E-state index in [9.17, 15) is 0 Å². The lowest BCUT2D eigenvalue weighted by atomic mass is 9.91. The van der Waals surface area contributed by atoms with E-state index < -0.39 is 0 Å². The van der Waals surface area contributed by atoms with Gasteiger partial charge in [-0.15, -0.1) is 0 Å². The van der Waals surface area contributed by atoms with Gasteiger partial charge in [0, 0.05) is 24.3 Å². The Hall–Kier alpha value is -3.26. The predicted molar refractivity (Wildman–Crippen MR) is 167 cm³/mol. The number of benzene rings is 2. The topological polar surface area (TPSA) is 7.76 Å². The molecule has 1 fully saturated rings. The third-order valence-corrected chi connectivity index (χ3v) is 6.38. The molecule has 1 saturated carbocycles. The number of hydrogen-bond donors (Lipinski definition) is 0. The minimum absolute atomic E-state index is 0. The van der Waals surface area contributed by atoms with Crippen LogP contribution < -0.4 is 9.13 Å². The van der Waals surface area contributed by atoms with Crippen LogP contribution in [-0.2, 0) is 20.5 Å². The summed E-state index contributed by atoms with van der Waals surface area (Å²) in [6, 6.07) is 29.2. The summed E-state index contributed by atoms with van der Waals surface area (Å²) in [4.78, 5) is 0. The summed E-state index contributed by atoms with van der Waals surface area (Å²) in [5, 5.41) is 0. The van der Waals surface area contributed by atoms with E-state index in [1.807, 2.05) is 47.5 Å². The van der Waals surface area contributed by atoms with E-state index in [-0.39, 0.29) is 14.9 Å². The fourth-order valence-corrected chi connectivity index (χ4v) is 3.94. The third-order valence-electron chi connectivity index (χ3n) is 6.38. The number of hydrogen-bond acceptors (Lipinski definition) is 0. The second-order valence-electron chi connectivity index (χ2n) is 9.74. The molecule has 0 spiro atoms. The smallest absolute Gasteiger partial charge is 0.169 e. The van der Waals surface area contributed by atoms with Gasteiger partial charge in [-0.1, -0.05) is 127 Å². The molecule has 2 aromatic heterocycles. The Morgan fingerprint density at radius 2 is 1.00 bits per heavy atom. The maximum Gasteiger partial charge on any atom is 0.169 e. The van der Waals surface area contributed by atoms with Crippen LogP contribution in [0.2, 0.25) is 0 Å². The number of aryl methyl sites for hydroxylation is 4. The molecule has 2 heteroatoms. The van der Waals surface area contributed by atoms with Crippen molar-refractivity contribution in [3.63, 3.8) is 0 Å². The molecule has 0 radical (unpaired) electrons. The van der Waals surface area contributed by atoms with Gasteiger partial charge in [0.05, 0.1) is 0 Å². The monoisotopic (exact) mass is 514 g/mol.